The third-order valence-electron chi connectivity index (χ3n) is 3.44. The van der Waals surface area contributed by atoms with E-state index in [0.29, 0.717) is 0 Å². The highest BCUT2D eigenvalue weighted by Gasteiger charge is 2.47. The molecular formula is C13H16O4. The first-order valence-corrected chi connectivity index (χ1v) is 5.74. The minimum absolute atomic E-state index is 0.00949. The second-order valence-corrected chi connectivity index (χ2v) is 4.82. The van der Waals surface area contributed by atoms with Crippen LogP contribution in [0, 0.1) is 5.92 Å². The molecule has 1 atom stereocenters. The standard InChI is InChI=1S/C13H16O4/c1-8-5-4-6-10(7-8)13(3)16-11(14)9(2)12(15)17-13/h10H,1-2,4-7H2,3H3. The molecule has 1 saturated heterocycles. The molecule has 4 nitrogen and oxygen atoms in total. The molecule has 4 heteroatoms. The summed E-state index contributed by atoms with van der Waals surface area (Å²) >= 11 is 0. The van der Waals surface area contributed by atoms with E-state index in [1.165, 1.54) is 0 Å². The van der Waals surface area contributed by atoms with Gasteiger partial charge in [0.05, 0.1) is 0 Å². The van der Waals surface area contributed by atoms with E-state index < -0.39 is 17.7 Å². The molecule has 2 aliphatic rings. The molecule has 0 bridgehead atoms. The van der Waals surface area contributed by atoms with Crippen molar-refractivity contribution >= 4 is 11.9 Å². The largest absolute Gasteiger partial charge is 0.419 e. The summed E-state index contributed by atoms with van der Waals surface area (Å²) in [5, 5.41) is 0. The zero-order valence-electron chi connectivity index (χ0n) is 9.95. The molecule has 0 amide bonds. The molecule has 1 aliphatic carbocycles. The smallest absolute Gasteiger partial charge is 0.348 e. The van der Waals surface area contributed by atoms with Crippen LogP contribution in [0.15, 0.2) is 24.3 Å². The molecule has 0 aromatic carbocycles. The van der Waals surface area contributed by atoms with Crippen LogP contribution in [0.2, 0.25) is 0 Å². The lowest BCUT2D eigenvalue weighted by molar-refractivity contribution is -0.248. The number of hydrogen-bond donors (Lipinski definition) is 0. The summed E-state index contributed by atoms with van der Waals surface area (Å²) in [7, 11) is 0. The second-order valence-electron chi connectivity index (χ2n) is 4.82. The Morgan fingerprint density at radius 3 is 2.35 bits per heavy atom. The normalized spacial score (nSPS) is 28.6. The summed E-state index contributed by atoms with van der Waals surface area (Å²) in [6.45, 7) is 8.92. The van der Waals surface area contributed by atoms with Gasteiger partial charge in [0.25, 0.3) is 5.79 Å². The zero-order valence-corrected chi connectivity index (χ0v) is 9.95. The van der Waals surface area contributed by atoms with Gasteiger partial charge in [-0.3, -0.25) is 0 Å². The van der Waals surface area contributed by atoms with Crippen LogP contribution in [-0.4, -0.2) is 17.7 Å². The first kappa shape index (κ1) is 11.9. The van der Waals surface area contributed by atoms with Crippen molar-refractivity contribution in [2.24, 2.45) is 5.92 Å². The number of carbonyl (C=O) groups excluding carboxylic acids is 2. The van der Waals surface area contributed by atoms with E-state index in [9.17, 15) is 9.59 Å². The number of esters is 2. The van der Waals surface area contributed by atoms with Crippen molar-refractivity contribution in [3.63, 3.8) is 0 Å². The summed E-state index contributed by atoms with van der Waals surface area (Å²) < 4.78 is 10.4. The Morgan fingerprint density at radius 1 is 1.24 bits per heavy atom. The Morgan fingerprint density at radius 2 is 1.82 bits per heavy atom. The van der Waals surface area contributed by atoms with Crippen LogP contribution in [0.1, 0.15) is 32.6 Å². The minimum atomic E-state index is -1.17. The van der Waals surface area contributed by atoms with Crippen LogP contribution < -0.4 is 0 Å². The Labute approximate surface area is 100 Å². The van der Waals surface area contributed by atoms with Crippen LogP contribution in [0.5, 0.6) is 0 Å². The molecular weight excluding hydrogens is 220 g/mol. The molecule has 1 aliphatic heterocycles. The van der Waals surface area contributed by atoms with Crippen LogP contribution in [-0.2, 0) is 19.1 Å². The summed E-state index contributed by atoms with van der Waals surface area (Å²) in [4.78, 5) is 23.0. The predicted molar refractivity (Wildman–Crippen MR) is 60.8 cm³/mol. The highest BCUT2D eigenvalue weighted by atomic mass is 16.7. The molecule has 0 aromatic rings. The first-order valence-electron chi connectivity index (χ1n) is 5.74. The summed E-state index contributed by atoms with van der Waals surface area (Å²) in [5.74, 6) is -2.54. The van der Waals surface area contributed by atoms with Gasteiger partial charge in [-0.15, -0.1) is 0 Å². The molecule has 1 saturated carbocycles. The molecule has 0 N–H and O–H groups in total. The molecule has 1 heterocycles. The summed E-state index contributed by atoms with van der Waals surface area (Å²) in [5.41, 5.74) is 0.871. The van der Waals surface area contributed by atoms with Gasteiger partial charge in [-0.25, -0.2) is 9.59 Å². The lowest BCUT2D eigenvalue weighted by Crippen LogP contribution is -2.49. The molecule has 92 valence electrons. The van der Waals surface area contributed by atoms with Crippen molar-refractivity contribution in [3.8, 4) is 0 Å². The van der Waals surface area contributed by atoms with Crippen LogP contribution >= 0.6 is 0 Å². The molecule has 17 heavy (non-hydrogen) atoms. The van der Waals surface area contributed by atoms with Gasteiger partial charge in [0.1, 0.15) is 5.57 Å². The lowest BCUT2D eigenvalue weighted by Gasteiger charge is -2.40. The van der Waals surface area contributed by atoms with Crippen LogP contribution in [0.4, 0.5) is 0 Å². The van der Waals surface area contributed by atoms with Gasteiger partial charge in [-0.2, -0.15) is 0 Å². The van der Waals surface area contributed by atoms with Crippen molar-refractivity contribution < 1.29 is 19.1 Å². The second kappa shape index (κ2) is 4.02. The number of hydrogen-bond acceptors (Lipinski definition) is 4. The first-order chi connectivity index (χ1) is 7.92. The van der Waals surface area contributed by atoms with Gasteiger partial charge in [0.2, 0.25) is 0 Å². The average Bonchev–Trinajstić information content (AvgIpc) is 2.26. The van der Waals surface area contributed by atoms with Gasteiger partial charge in [-0.05, 0) is 25.7 Å². The van der Waals surface area contributed by atoms with E-state index in [1.807, 2.05) is 0 Å². The fraction of sp³-hybridized carbons (Fsp3) is 0.538. The van der Waals surface area contributed by atoms with E-state index in [0.717, 1.165) is 31.3 Å². The van der Waals surface area contributed by atoms with E-state index >= 15 is 0 Å². The maximum absolute atomic E-state index is 11.5. The quantitative estimate of drug-likeness (QED) is 0.303. The van der Waals surface area contributed by atoms with E-state index in [4.69, 9.17) is 9.47 Å². The van der Waals surface area contributed by atoms with Crippen LogP contribution in [0.3, 0.4) is 0 Å². The monoisotopic (exact) mass is 236 g/mol. The van der Waals surface area contributed by atoms with Crippen molar-refractivity contribution in [3.05, 3.63) is 24.3 Å². The maximum atomic E-state index is 11.5. The highest BCUT2D eigenvalue weighted by Crippen LogP contribution is 2.40. The molecule has 0 radical (unpaired) electrons. The maximum Gasteiger partial charge on any atom is 0.348 e. The van der Waals surface area contributed by atoms with Crippen molar-refractivity contribution in [2.75, 3.05) is 0 Å². The van der Waals surface area contributed by atoms with E-state index in [-0.39, 0.29) is 11.5 Å². The summed E-state index contributed by atoms with van der Waals surface area (Å²) in [6.07, 6.45) is 3.56. The third kappa shape index (κ3) is 2.12. The van der Waals surface area contributed by atoms with Gasteiger partial charge < -0.3 is 9.47 Å². The van der Waals surface area contributed by atoms with Crippen molar-refractivity contribution in [2.45, 2.75) is 38.4 Å². The Kier molecular flexibility index (Phi) is 2.81. The summed E-state index contributed by atoms with van der Waals surface area (Å²) in [6, 6.07) is 0. The van der Waals surface area contributed by atoms with Gasteiger partial charge in [-0.1, -0.05) is 18.7 Å². The third-order valence-corrected chi connectivity index (χ3v) is 3.44. The lowest BCUT2D eigenvalue weighted by atomic mass is 9.81. The number of cyclic esters (lactones) is 2. The molecule has 0 spiro atoms. The number of rotatable bonds is 1. The molecule has 0 aromatic heterocycles. The van der Waals surface area contributed by atoms with E-state index in [2.05, 4.69) is 13.2 Å². The van der Waals surface area contributed by atoms with Crippen molar-refractivity contribution in [1.29, 1.82) is 0 Å². The fourth-order valence-corrected chi connectivity index (χ4v) is 2.36. The van der Waals surface area contributed by atoms with Crippen LogP contribution in [0.25, 0.3) is 0 Å². The molecule has 2 rings (SSSR count). The van der Waals surface area contributed by atoms with Gasteiger partial charge in [0, 0.05) is 12.8 Å². The molecule has 1 unspecified atom stereocenters. The van der Waals surface area contributed by atoms with Gasteiger partial charge >= 0.3 is 11.9 Å². The Balaban J connectivity index is 2.18. The van der Waals surface area contributed by atoms with Gasteiger partial charge in [0.15, 0.2) is 0 Å². The fourth-order valence-electron chi connectivity index (χ4n) is 2.36. The Hall–Kier alpha value is -1.58. The number of carbonyl (C=O) groups is 2. The van der Waals surface area contributed by atoms with Crippen molar-refractivity contribution in [1.82, 2.24) is 0 Å². The number of ether oxygens (including phenoxy) is 2. The molecule has 2 fully saturated rings. The zero-order chi connectivity index (χ0) is 12.6. The highest BCUT2D eigenvalue weighted by molar-refractivity contribution is 6.14. The average molecular weight is 236 g/mol. The predicted octanol–water partition coefficient (Wildman–Crippen LogP) is 2.11. The number of allylic oxidation sites excluding steroid dienone is 1. The Bertz CT molecular complexity index is 388. The SMILES string of the molecule is C=C1CCCC(C2(C)OC(=O)C(=C)C(=O)O2)C1. The van der Waals surface area contributed by atoms with E-state index in [1.54, 1.807) is 6.92 Å². The topological polar surface area (TPSA) is 52.6 Å². The minimum Gasteiger partial charge on any atom is -0.419 e.